The van der Waals surface area contributed by atoms with Crippen LogP contribution in [0.2, 0.25) is 0 Å². The van der Waals surface area contributed by atoms with Gasteiger partial charge in [0.1, 0.15) is 11.3 Å². The maximum absolute atomic E-state index is 5.44. The highest BCUT2D eigenvalue weighted by Crippen LogP contribution is 2.19. The molecule has 0 saturated heterocycles. The maximum Gasteiger partial charge on any atom is 0.148 e. The predicted molar refractivity (Wildman–Crippen MR) is 59.8 cm³/mol. The van der Waals surface area contributed by atoms with Crippen LogP contribution in [0.1, 0.15) is 11.3 Å². The van der Waals surface area contributed by atoms with Gasteiger partial charge in [-0.05, 0) is 29.8 Å². The molecular weight excluding hydrogens is 192 g/mol. The van der Waals surface area contributed by atoms with Crippen LogP contribution in [0.25, 0.3) is 11.0 Å². The molecule has 0 spiro atoms. The first-order valence-electron chi connectivity index (χ1n) is 4.33. The van der Waals surface area contributed by atoms with Crippen LogP contribution in [0.5, 0.6) is 0 Å². The van der Waals surface area contributed by atoms with E-state index >= 15 is 0 Å². The lowest BCUT2D eigenvalue weighted by Crippen LogP contribution is -1.84. The highest BCUT2D eigenvalue weighted by molar-refractivity contribution is 5.91. The second-order valence-electron chi connectivity index (χ2n) is 3.00. The van der Waals surface area contributed by atoms with Crippen LogP contribution in [0.15, 0.2) is 38.9 Å². The molecule has 0 unspecified atom stereocenters. The Morgan fingerprint density at radius 2 is 1.87 bits per heavy atom. The molecule has 2 aromatic rings. The third-order valence-corrected chi connectivity index (χ3v) is 1.98. The molecular formula is C10H10N4O. The first-order valence-corrected chi connectivity index (χ1v) is 4.33. The second-order valence-corrected chi connectivity index (χ2v) is 3.00. The van der Waals surface area contributed by atoms with Crippen molar-refractivity contribution >= 4 is 23.4 Å². The van der Waals surface area contributed by atoms with Gasteiger partial charge in [0.25, 0.3) is 0 Å². The minimum Gasteiger partial charge on any atom is -0.455 e. The average Bonchev–Trinajstić information content (AvgIpc) is 2.60. The van der Waals surface area contributed by atoms with Crippen LogP contribution in [0.3, 0.4) is 0 Å². The van der Waals surface area contributed by atoms with Crippen LogP contribution < -0.4 is 11.7 Å². The molecule has 1 aromatic carbocycles. The molecule has 0 fully saturated rings. The maximum atomic E-state index is 5.44. The summed E-state index contributed by atoms with van der Waals surface area (Å²) in [5.41, 5.74) is 1.70. The van der Waals surface area contributed by atoms with Gasteiger partial charge in [-0.25, -0.2) is 0 Å². The molecule has 0 bridgehead atoms. The molecule has 5 nitrogen and oxygen atoms in total. The highest BCUT2D eigenvalue weighted by Gasteiger charge is 2.01. The number of benzene rings is 1. The normalized spacial score (nSPS) is 12.0. The van der Waals surface area contributed by atoms with E-state index in [0.717, 1.165) is 16.5 Å². The predicted octanol–water partition coefficient (Wildman–Crippen LogP) is 1.02. The summed E-state index contributed by atoms with van der Waals surface area (Å²) >= 11 is 0. The number of hydrogen-bond donors (Lipinski definition) is 2. The van der Waals surface area contributed by atoms with E-state index in [4.69, 9.17) is 16.1 Å². The number of hydrogen-bond acceptors (Lipinski definition) is 5. The Morgan fingerprint density at radius 3 is 2.60 bits per heavy atom. The van der Waals surface area contributed by atoms with Gasteiger partial charge in [0, 0.05) is 5.39 Å². The van der Waals surface area contributed by atoms with Gasteiger partial charge in [-0.2, -0.15) is 10.2 Å². The number of nitrogens with zero attached hydrogens (tertiary/aromatic N) is 2. The Kier molecular flexibility index (Phi) is 2.37. The molecule has 0 saturated carbocycles. The Balaban J connectivity index is 2.51. The van der Waals surface area contributed by atoms with Crippen molar-refractivity contribution in [3.63, 3.8) is 0 Å². The van der Waals surface area contributed by atoms with Gasteiger partial charge in [-0.15, -0.1) is 0 Å². The third kappa shape index (κ3) is 1.80. The van der Waals surface area contributed by atoms with Gasteiger partial charge in [0.15, 0.2) is 0 Å². The SMILES string of the molecule is NN=Cc1ccc2oc(/C=N/N)cc2c1. The molecule has 1 heterocycles. The van der Waals surface area contributed by atoms with Crippen LogP contribution in [-0.4, -0.2) is 12.4 Å². The fourth-order valence-corrected chi connectivity index (χ4v) is 1.39. The molecule has 0 radical (unpaired) electrons. The standard InChI is InChI=1S/C10H10N4O/c11-13-5-7-1-2-10-8(3-7)4-9(15-10)6-14-12/h1-6H,11-12H2/b13-5?,14-6+. The van der Waals surface area contributed by atoms with Crippen molar-refractivity contribution in [3.8, 4) is 0 Å². The minimum absolute atomic E-state index is 0.620. The molecule has 0 aliphatic rings. The summed E-state index contributed by atoms with van der Waals surface area (Å²) in [7, 11) is 0. The van der Waals surface area contributed by atoms with Gasteiger partial charge in [-0.1, -0.05) is 0 Å². The lowest BCUT2D eigenvalue weighted by molar-refractivity contribution is 0.607. The van der Waals surface area contributed by atoms with Crippen molar-refractivity contribution in [2.24, 2.45) is 21.9 Å². The third-order valence-electron chi connectivity index (χ3n) is 1.98. The zero-order chi connectivity index (χ0) is 10.7. The van der Waals surface area contributed by atoms with E-state index in [1.165, 1.54) is 6.21 Å². The minimum atomic E-state index is 0.620. The largest absolute Gasteiger partial charge is 0.455 e. The van der Waals surface area contributed by atoms with Gasteiger partial charge >= 0.3 is 0 Å². The van der Waals surface area contributed by atoms with Crippen molar-refractivity contribution in [2.75, 3.05) is 0 Å². The summed E-state index contributed by atoms with van der Waals surface area (Å²) in [6, 6.07) is 7.48. The van der Waals surface area contributed by atoms with E-state index in [9.17, 15) is 0 Å². The molecule has 0 amide bonds. The molecule has 5 heteroatoms. The summed E-state index contributed by atoms with van der Waals surface area (Å²) in [6.07, 6.45) is 3.03. The molecule has 76 valence electrons. The summed E-state index contributed by atoms with van der Waals surface area (Å²) < 4.78 is 5.44. The molecule has 0 aliphatic heterocycles. The summed E-state index contributed by atoms with van der Waals surface area (Å²) in [4.78, 5) is 0. The summed E-state index contributed by atoms with van der Waals surface area (Å²) in [6.45, 7) is 0. The van der Waals surface area contributed by atoms with Gasteiger partial charge in [0.2, 0.25) is 0 Å². The molecule has 4 N–H and O–H groups in total. The van der Waals surface area contributed by atoms with Crippen molar-refractivity contribution in [3.05, 3.63) is 35.6 Å². The van der Waals surface area contributed by atoms with Crippen molar-refractivity contribution in [2.45, 2.75) is 0 Å². The zero-order valence-electron chi connectivity index (χ0n) is 7.92. The molecule has 15 heavy (non-hydrogen) atoms. The average molecular weight is 202 g/mol. The van der Waals surface area contributed by atoms with E-state index in [2.05, 4.69) is 10.2 Å². The smallest absolute Gasteiger partial charge is 0.148 e. The number of fused-ring (bicyclic) bond motifs is 1. The Labute approximate surface area is 86.0 Å². The molecule has 2 rings (SSSR count). The van der Waals surface area contributed by atoms with Gasteiger partial charge < -0.3 is 16.1 Å². The van der Waals surface area contributed by atoms with E-state index in [1.54, 1.807) is 6.21 Å². The van der Waals surface area contributed by atoms with E-state index in [-0.39, 0.29) is 0 Å². The monoisotopic (exact) mass is 202 g/mol. The van der Waals surface area contributed by atoms with E-state index in [1.807, 2.05) is 24.3 Å². The Bertz CT molecular complexity index is 517. The Hall–Kier alpha value is -2.30. The lowest BCUT2D eigenvalue weighted by Gasteiger charge is -1.90. The first kappa shape index (κ1) is 9.26. The van der Waals surface area contributed by atoms with Crippen molar-refractivity contribution < 1.29 is 4.42 Å². The fraction of sp³-hybridized carbons (Fsp3) is 0. The quantitative estimate of drug-likeness (QED) is 0.432. The van der Waals surface area contributed by atoms with Crippen molar-refractivity contribution in [1.82, 2.24) is 0 Å². The summed E-state index contributed by atoms with van der Waals surface area (Å²) in [5.74, 6) is 10.7. The molecule has 1 aromatic heterocycles. The Morgan fingerprint density at radius 1 is 1.07 bits per heavy atom. The topological polar surface area (TPSA) is 89.9 Å². The van der Waals surface area contributed by atoms with Crippen molar-refractivity contribution in [1.29, 1.82) is 0 Å². The van der Waals surface area contributed by atoms with Crippen LogP contribution in [0.4, 0.5) is 0 Å². The fourth-order valence-electron chi connectivity index (χ4n) is 1.39. The number of hydrazone groups is 2. The highest BCUT2D eigenvalue weighted by atomic mass is 16.3. The van der Waals surface area contributed by atoms with Crippen LogP contribution >= 0.6 is 0 Å². The lowest BCUT2D eigenvalue weighted by atomic mass is 10.2. The van der Waals surface area contributed by atoms with E-state index in [0.29, 0.717) is 5.76 Å². The first-order chi connectivity index (χ1) is 7.33. The summed E-state index contributed by atoms with van der Waals surface area (Å²) in [5, 5.41) is 7.81. The second kappa shape index (κ2) is 3.83. The number of rotatable bonds is 2. The van der Waals surface area contributed by atoms with Crippen LogP contribution in [0, 0.1) is 0 Å². The molecule has 0 atom stereocenters. The van der Waals surface area contributed by atoms with E-state index < -0.39 is 0 Å². The molecule has 0 aliphatic carbocycles. The van der Waals surface area contributed by atoms with Gasteiger partial charge in [-0.3, -0.25) is 0 Å². The number of furan rings is 1. The zero-order valence-corrected chi connectivity index (χ0v) is 7.92. The van der Waals surface area contributed by atoms with Crippen LogP contribution in [-0.2, 0) is 0 Å². The van der Waals surface area contributed by atoms with Gasteiger partial charge in [0.05, 0.1) is 12.4 Å². The number of nitrogens with two attached hydrogens (primary N) is 2.